The minimum absolute atomic E-state index is 0.0134. The summed E-state index contributed by atoms with van der Waals surface area (Å²) in [5.41, 5.74) is -0.0334. The summed E-state index contributed by atoms with van der Waals surface area (Å²) in [4.78, 5) is 16.2. The van der Waals surface area contributed by atoms with E-state index in [1.165, 1.54) is 11.3 Å². The van der Waals surface area contributed by atoms with Crippen molar-refractivity contribution in [2.24, 2.45) is 0 Å². The molecule has 0 bridgehead atoms. The van der Waals surface area contributed by atoms with Crippen LogP contribution in [0.1, 0.15) is 19.4 Å². The van der Waals surface area contributed by atoms with Crippen molar-refractivity contribution in [2.75, 3.05) is 13.7 Å². The second-order valence-electron chi connectivity index (χ2n) is 3.79. The van der Waals surface area contributed by atoms with Gasteiger partial charge in [0.15, 0.2) is 4.77 Å². The molecular formula is C11H14N2O2S2. The molecule has 0 aliphatic heterocycles. The molecular weight excluding hydrogens is 256 g/mol. The van der Waals surface area contributed by atoms with Crippen molar-refractivity contribution >= 4 is 33.8 Å². The highest BCUT2D eigenvalue weighted by Gasteiger charge is 2.14. The number of thiophene rings is 1. The van der Waals surface area contributed by atoms with Crippen LogP contribution in [0.3, 0.4) is 0 Å². The first-order chi connectivity index (χ1) is 8.19. The van der Waals surface area contributed by atoms with Crippen LogP contribution in [0.2, 0.25) is 0 Å². The van der Waals surface area contributed by atoms with Gasteiger partial charge in [-0.2, -0.15) is 0 Å². The van der Waals surface area contributed by atoms with Crippen LogP contribution in [0.5, 0.6) is 0 Å². The number of ether oxygens (including phenoxy) is 1. The predicted molar refractivity (Wildman–Crippen MR) is 72.5 cm³/mol. The normalized spacial score (nSPS) is 13.1. The molecule has 1 N–H and O–H groups in total. The molecule has 2 aromatic rings. The fraction of sp³-hybridized carbons (Fsp3) is 0.455. The molecule has 17 heavy (non-hydrogen) atoms. The van der Waals surface area contributed by atoms with Crippen molar-refractivity contribution in [1.29, 1.82) is 0 Å². The zero-order valence-corrected chi connectivity index (χ0v) is 11.4. The van der Waals surface area contributed by atoms with Crippen LogP contribution in [0.4, 0.5) is 0 Å². The lowest BCUT2D eigenvalue weighted by Gasteiger charge is -2.17. The Kier molecular flexibility index (Phi) is 3.76. The molecule has 1 atom stereocenters. The molecule has 4 nitrogen and oxygen atoms in total. The zero-order chi connectivity index (χ0) is 12.4. The first kappa shape index (κ1) is 12.5. The number of fused-ring (bicyclic) bond motifs is 1. The highest BCUT2D eigenvalue weighted by molar-refractivity contribution is 7.71. The maximum Gasteiger partial charge on any atom is 0.263 e. The predicted octanol–water partition coefficient (Wildman–Crippen LogP) is 2.72. The van der Waals surface area contributed by atoms with E-state index in [1.54, 1.807) is 11.7 Å². The summed E-state index contributed by atoms with van der Waals surface area (Å²) in [5, 5.41) is 2.58. The topological polar surface area (TPSA) is 47.0 Å². The van der Waals surface area contributed by atoms with Gasteiger partial charge in [0.1, 0.15) is 4.83 Å². The van der Waals surface area contributed by atoms with E-state index in [1.807, 2.05) is 18.4 Å². The standard InChI is InChI=1S/C11H14N2O2S2/c1-3-7(6-15-2)13-10(14)8-4-5-17-9(8)12-11(13)16/h4-5,7H,3,6H2,1-2H3,(H,12,16). The number of nitrogens with zero attached hydrogens (tertiary/aromatic N) is 1. The number of aromatic nitrogens is 2. The molecule has 0 aromatic carbocycles. The summed E-state index contributed by atoms with van der Waals surface area (Å²) in [6.45, 7) is 2.51. The molecule has 0 spiro atoms. The van der Waals surface area contributed by atoms with Gasteiger partial charge >= 0.3 is 0 Å². The third-order valence-corrected chi connectivity index (χ3v) is 3.88. The molecule has 92 valence electrons. The van der Waals surface area contributed by atoms with Crippen LogP contribution in [0.15, 0.2) is 16.2 Å². The van der Waals surface area contributed by atoms with Gasteiger partial charge in [0.05, 0.1) is 18.0 Å². The van der Waals surface area contributed by atoms with Gasteiger partial charge in [-0.1, -0.05) is 6.92 Å². The molecule has 0 aliphatic rings. The van der Waals surface area contributed by atoms with Crippen LogP contribution in [0, 0.1) is 4.77 Å². The number of rotatable bonds is 4. The molecule has 0 radical (unpaired) electrons. The largest absolute Gasteiger partial charge is 0.383 e. The van der Waals surface area contributed by atoms with Gasteiger partial charge in [0, 0.05) is 7.11 Å². The first-order valence-corrected chi connectivity index (χ1v) is 6.68. The van der Waals surface area contributed by atoms with E-state index in [2.05, 4.69) is 4.98 Å². The van der Waals surface area contributed by atoms with Gasteiger partial charge in [-0.25, -0.2) is 0 Å². The minimum atomic E-state index is -0.0334. The number of aromatic amines is 1. The lowest BCUT2D eigenvalue weighted by atomic mass is 10.2. The van der Waals surface area contributed by atoms with E-state index >= 15 is 0 Å². The van der Waals surface area contributed by atoms with Crippen molar-refractivity contribution < 1.29 is 4.74 Å². The van der Waals surface area contributed by atoms with E-state index in [9.17, 15) is 4.79 Å². The number of nitrogens with one attached hydrogen (secondary N) is 1. The second-order valence-corrected chi connectivity index (χ2v) is 5.09. The van der Waals surface area contributed by atoms with E-state index < -0.39 is 0 Å². The van der Waals surface area contributed by atoms with Gasteiger partial charge in [0.25, 0.3) is 5.56 Å². The number of hydrogen-bond acceptors (Lipinski definition) is 4. The molecule has 0 fully saturated rings. The summed E-state index contributed by atoms with van der Waals surface area (Å²) < 4.78 is 7.22. The average molecular weight is 270 g/mol. The fourth-order valence-corrected chi connectivity index (χ4v) is 3.03. The zero-order valence-electron chi connectivity index (χ0n) is 9.73. The first-order valence-electron chi connectivity index (χ1n) is 5.40. The molecule has 0 amide bonds. The Labute approximate surface area is 108 Å². The van der Waals surface area contributed by atoms with Crippen molar-refractivity contribution in [1.82, 2.24) is 9.55 Å². The highest BCUT2D eigenvalue weighted by Crippen LogP contribution is 2.17. The van der Waals surface area contributed by atoms with Crippen LogP contribution in [0.25, 0.3) is 10.2 Å². The summed E-state index contributed by atoms with van der Waals surface area (Å²) >= 11 is 6.74. The minimum Gasteiger partial charge on any atom is -0.383 e. The summed E-state index contributed by atoms with van der Waals surface area (Å²) in [5.74, 6) is 0. The van der Waals surface area contributed by atoms with Crippen LogP contribution in [-0.2, 0) is 4.74 Å². The van der Waals surface area contributed by atoms with Crippen molar-refractivity contribution in [2.45, 2.75) is 19.4 Å². The van der Waals surface area contributed by atoms with Crippen LogP contribution < -0.4 is 5.56 Å². The SMILES string of the molecule is CCC(COC)n1c(=S)[nH]c2sccc2c1=O. The maximum absolute atomic E-state index is 12.3. The van der Waals surface area contributed by atoms with Gasteiger partial charge in [-0.15, -0.1) is 11.3 Å². The van der Waals surface area contributed by atoms with Crippen molar-refractivity contribution in [3.05, 3.63) is 26.6 Å². The Bertz CT molecular complexity index is 626. The highest BCUT2D eigenvalue weighted by atomic mass is 32.1. The lowest BCUT2D eigenvalue weighted by Crippen LogP contribution is -2.28. The van der Waals surface area contributed by atoms with E-state index in [4.69, 9.17) is 17.0 Å². The third-order valence-electron chi connectivity index (χ3n) is 2.75. The summed E-state index contributed by atoms with van der Waals surface area (Å²) in [6.07, 6.45) is 0.806. The van der Waals surface area contributed by atoms with E-state index in [0.717, 1.165) is 11.3 Å². The van der Waals surface area contributed by atoms with Gasteiger partial charge in [-0.05, 0) is 30.1 Å². The monoisotopic (exact) mass is 270 g/mol. The van der Waals surface area contributed by atoms with Crippen LogP contribution in [-0.4, -0.2) is 23.3 Å². The Morgan fingerprint density at radius 3 is 3.06 bits per heavy atom. The van der Waals surface area contributed by atoms with E-state index in [-0.39, 0.29) is 11.6 Å². The Hall–Kier alpha value is -0.980. The van der Waals surface area contributed by atoms with Gasteiger partial charge in [0.2, 0.25) is 0 Å². The maximum atomic E-state index is 12.3. The van der Waals surface area contributed by atoms with Crippen LogP contribution >= 0.6 is 23.6 Å². The smallest absolute Gasteiger partial charge is 0.263 e. The molecule has 2 heterocycles. The average Bonchev–Trinajstić information content (AvgIpc) is 2.76. The second kappa shape index (κ2) is 5.12. The lowest BCUT2D eigenvalue weighted by molar-refractivity contribution is 0.150. The molecule has 1 unspecified atom stereocenters. The fourth-order valence-electron chi connectivity index (χ4n) is 1.85. The summed E-state index contributed by atoms with van der Waals surface area (Å²) in [7, 11) is 1.63. The van der Waals surface area contributed by atoms with Gasteiger partial charge < -0.3 is 9.72 Å². The van der Waals surface area contributed by atoms with Gasteiger partial charge in [-0.3, -0.25) is 9.36 Å². The Morgan fingerprint density at radius 2 is 2.41 bits per heavy atom. The van der Waals surface area contributed by atoms with Crippen molar-refractivity contribution in [3.8, 4) is 0 Å². The molecule has 0 saturated heterocycles. The Morgan fingerprint density at radius 1 is 1.65 bits per heavy atom. The molecule has 6 heteroatoms. The molecule has 2 rings (SSSR count). The quantitative estimate of drug-likeness (QED) is 0.869. The number of methoxy groups -OCH3 is 1. The Balaban J connectivity index is 2.67. The van der Waals surface area contributed by atoms with E-state index in [0.29, 0.717) is 16.8 Å². The molecule has 0 saturated carbocycles. The molecule has 0 aliphatic carbocycles. The molecule has 2 aromatic heterocycles. The third kappa shape index (κ3) is 2.20. The number of H-pyrrole nitrogens is 1. The summed E-state index contributed by atoms with van der Waals surface area (Å²) in [6, 6.07) is 1.81. The number of hydrogen-bond donors (Lipinski definition) is 1. The van der Waals surface area contributed by atoms with Crippen molar-refractivity contribution in [3.63, 3.8) is 0 Å².